The molecule has 7 heteroatoms. The van der Waals surface area contributed by atoms with E-state index in [2.05, 4.69) is 10.6 Å². The molecule has 2 rings (SSSR count). The Labute approximate surface area is 116 Å². The van der Waals surface area contributed by atoms with E-state index in [0.717, 1.165) is 6.42 Å². The van der Waals surface area contributed by atoms with Crippen molar-refractivity contribution in [3.63, 3.8) is 0 Å². The lowest BCUT2D eigenvalue weighted by Crippen LogP contribution is -2.44. The average Bonchev–Trinajstić information content (AvgIpc) is 2.62. The Bertz CT molecular complexity index is 518. The molecule has 1 aromatic carbocycles. The maximum atomic E-state index is 11.8. The Morgan fingerprint density at radius 2 is 1.95 bits per heavy atom. The van der Waals surface area contributed by atoms with Crippen molar-refractivity contribution in [3.05, 3.63) is 18.2 Å². The topological polar surface area (TPSA) is 103 Å². The molecule has 0 fully saturated rings. The monoisotopic (exact) mass is 279 g/mol. The first kappa shape index (κ1) is 14.0. The highest BCUT2D eigenvalue weighted by Crippen LogP contribution is 2.32. The molecule has 4 N–H and O–H groups in total. The quantitative estimate of drug-likeness (QED) is 0.763. The van der Waals surface area contributed by atoms with Gasteiger partial charge in [0, 0.05) is 18.2 Å². The number of urea groups is 1. The third-order valence-corrected chi connectivity index (χ3v) is 2.77. The number of rotatable bonds is 3. The highest BCUT2D eigenvalue weighted by Gasteiger charge is 2.16. The first-order valence-electron chi connectivity index (χ1n) is 6.33. The Morgan fingerprint density at radius 1 is 1.25 bits per heavy atom. The predicted octanol–water partition coefficient (Wildman–Crippen LogP) is 0.843. The summed E-state index contributed by atoms with van der Waals surface area (Å²) >= 11 is 0. The van der Waals surface area contributed by atoms with E-state index in [0.29, 0.717) is 30.4 Å². The average molecular weight is 279 g/mol. The standard InChI is InChI=1S/C13H17N3O4/c1-8(15-13(14)18)12(17)16-9-3-4-10-11(7-9)20-6-2-5-19-10/h3-4,7-8H,2,5-6H2,1H3,(H,16,17)(H3,14,15,18)/t8-/m1/s1. The first-order chi connectivity index (χ1) is 9.56. The fourth-order valence-corrected chi connectivity index (χ4v) is 1.77. The van der Waals surface area contributed by atoms with Crippen LogP contribution in [-0.4, -0.2) is 31.2 Å². The smallest absolute Gasteiger partial charge is 0.312 e. The van der Waals surface area contributed by atoms with Crippen LogP contribution in [-0.2, 0) is 4.79 Å². The molecule has 0 bridgehead atoms. The molecule has 1 aliphatic heterocycles. The van der Waals surface area contributed by atoms with Crippen molar-refractivity contribution >= 4 is 17.6 Å². The van der Waals surface area contributed by atoms with Crippen molar-refractivity contribution in [2.75, 3.05) is 18.5 Å². The zero-order chi connectivity index (χ0) is 14.5. The highest BCUT2D eigenvalue weighted by molar-refractivity contribution is 5.96. The van der Waals surface area contributed by atoms with E-state index in [9.17, 15) is 9.59 Å². The van der Waals surface area contributed by atoms with Crippen LogP contribution in [0, 0.1) is 0 Å². The fraction of sp³-hybridized carbons (Fsp3) is 0.385. The summed E-state index contributed by atoms with van der Waals surface area (Å²) in [4.78, 5) is 22.5. The van der Waals surface area contributed by atoms with Gasteiger partial charge in [-0.15, -0.1) is 0 Å². The Kier molecular flexibility index (Phi) is 4.29. The number of anilines is 1. The van der Waals surface area contributed by atoms with E-state index in [1.807, 2.05) is 0 Å². The molecule has 1 atom stereocenters. The minimum absolute atomic E-state index is 0.363. The van der Waals surface area contributed by atoms with Crippen LogP contribution in [0.15, 0.2) is 18.2 Å². The molecule has 0 aromatic heterocycles. The normalized spacial score (nSPS) is 14.8. The van der Waals surface area contributed by atoms with Crippen molar-refractivity contribution in [3.8, 4) is 11.5 Å². The van der Waals surface area contributed by atoms with E-state index < -0.39 is 12.1 Å². The van der Waals surface area contributed by atoms with Gasteiger partial charge in [0.05, 0.1) is 13.2 Å². The third-order valence-electron chi connectivity index (χ3n) is 2.77. The van der Waals surface area contributed by atoms with Gasteiger partial charge in [-0.2, -0.15) is 0 Å². The van der Waals surface area contributed by atoms with Gasteiger partial charge in [0.15, 0.2) is 11.5 Å². The summed E-state index contributed by atoms with van der Waals surface area (Å²) in [6.07, 6.45) is 0.815. The third kappa shape index (κ3) is 3.53. The summed E-state index contributed by atoms with van der Waals surface area (Å²) in [6.45, 7) is 2.73. The molecular formula is C13H17N3O4. The van der Waals surface area contributed by atoms with E-state index >= 15 is 0 Å². The number of ether oxygens (including phenoxy) is 2. The number of nitrogens with two attached hydrogens (primary N) is 1. The van der Waals surface area contributed by atoms with E-state index in [1.165, 1.54) is 0 Å². The Balaban J connectivity index is 2.04. The predicted molar refractivity (Wildman–Crippen MR) is 72.9 cm³/mol. The van der Waals surface area contributed by atoms with Crippen molar-refractivity contribution in [1.29, 1.82) is 0 Å². The summed E-state index contributed by atoms with van der Waals surface area (Å²) < 4.78 is 11.0. The van der Waals surface area contributed by atoms with Gasteiger partial charge < -0.3 is 25.8 Å². The number of carbonyl (C=O) groups excluding carboxylic acids is 2. The summed E-state index contributed by atoms with van der Waals surface area (Å²) in [5.41, 5.74) is 5.53. The van der Waals surface area contributed by atoms with E-state index in [-0.39, 0.29) is 5.91 Å². The summed E-state index contributed by atoms with van der Waals surface area (Å²) in [7, 11) is 0. The highest BCUT2D eigenvalue weighted by atomic mass is 16.5. The number of hydrogen-bond acceptors (Lipinski definition) is 4. The maximum Gasteiger partial charge on any atom is 0.312 e. The molecule has 0 radical (unpaired) electrons. The minimum Gasteiger partial charge on any atom is -0.490 e. The number of hydrogen-bond donors (Lipinski definition) is 3. The van der Waals surface area contributed by atoms with E-state index in [1.54, 1.807) is 25.1 Å². The molecule has 1 aliphatic rings. The van der Waals surface area contributed by atoms with Crippen LogP contribution in [0.2, 0.25) is 0 Å². The first-order valence-corrected chi connectivity index (χ1v) is 6.33. The lowest BCUT2D eigenvalue weighted by molar-refractivity contribution is -0.117. The molecule has 0 spiro atoms. The van der Waals surface area contributed by atoms with Gasteiger partial charge in [0.2, 0.25) is 5.91 Å². The molecule has 1 heterocycles. The van der Waals surface area contributed by atoms with Crippen LogP contribution in [0.4, 0.5) is 10.5 Å². The largest absolute Gasteiger partial charge is 0.490 e. The van der Waals surface area contributed by atoms with Gasteiger partial charge in [-0.3, -0.25) is 4.79 Å². The summed E-state index contributed by atoms with van der Waals surface area (Å²) in [6, 6.07) is 3.68. The van der Waals surface area contributed by atoms with Crippen molar-refractivity contribution in [1.82, 2.24) is 5.32 Å². The Morgan fingerprint density at radius 3 is 2.65 bits per heavy atom. The fourth-order valence-electron chi connectivity index (χ4n) is 1.77. The maximum absolute atomic E-state index is 11.8. The second-order valence-corrected chi connectivity index (χ2v) is 4.43. The van der Waals surface area contributed by atoms with Crippen LogP contribution >= 0.6 is 0 Å². The number of nitrogens with one attached hydrogen (secondary N) is 2. The van der Waals surface area contributed by atoms with Crippen LogP contribution in [0.1, 0.15) is 13.3 Å². The van der Waals surface area contributed by atoms with Crippen molar-refractivity contribution in [2.45, 2.75) is 19.4 Å². The second kappa shape index (κ2) is 6.14. The molecular weight excluding hydrogens is 262 g/mol. The molecule has 20 heavy (non-hydrogen) atoms. The molecule has 0 aliphatic carbocycles. The minimum atomic E-state index is -0.744. The number of carbonyl (C=O) groups is 2. The lowest BCUT2D eigenvalue weighted by atomic mass is 10.2. The van der Waals surface area contributed by atoms with Crippen LogP contribution in [0.5, 0.6) is 11.5 Å². The van der Waals surface area contributed by atoms with Gasteiger partial charge in [0.25, 0.3) is 0 Å². The number of amides is 3. The zero-order valence-corrected chi connectivity index (χ0v) is 11.1. The van der Waals surface area contributed by atoms with Crippen LogP contribution in [0.3, 0.4) is 0 Å². The van der Waals surface area contributed by atoms with Gasteiger partial charge >= 0.3 is 6.03 Å². The second-order valence-electron chi connectivity index (χ2n) is 4.43. The summed E-state index contributed by atoms with van der Waals surface area (Å²) in [5.74, 6) is 0.887. The molecule has 0 saturated heterocycles. The zero-order valence-electron chi connectivity index (χ0n) is 11.1. The van der Waals surface area contributed by atoms with Gasteiger partial charge in [-0.25, -0.2) is 4.79 Å². The number of fused-ring (bicyclic) bond motifs is 1. The molecule has 0 saturated carbocycles. The van der Waals surface area contributed by atoms with Gasteiger partial charge in [0.1, 0.15) is 6.04 Å². The molecule has 7 nitrogen and oxygen atoms in total. The lowest BCUT2D eigenvalue weighted by Gasteiger charge is -2.14. The molecule has 108 valence electrons. The molecule has 0 unspecified atom stereocenters. The SMILES string of the molecule is C[C@@H](NC(N)=O)C(=O)Nc1ccc2c(c1)OCCCO2. The Hall–Kier alpha value is -2.44. The molecule has 3 amide bonds. The molecule has 1 aromatic rings. The van der Waals surface area contributed by atoms with Crippen molar-refractivity contribution < 1.29 is 19.1 Å². The van der Waals surface area contributed by atoms with Gasteiger partial charge in [-0.05, 0) is 19.1 Å². The number of primary amides is 1. The van der Waals surface area contributed by atoms with Crippen LogP contribution < -0.4 is 25.8 Å². The van der Waals surface area contributed by atoms with Gasteiger partial charge in [-0.1, -0.05) is 0 Å². The van der Waals surface area contributed by atoms with E-state index in [4.69, 9.17) is 15.2 Å². The van der Waals surface area contributed by atoms with Crippen molar-refractivity contribution in [2.24, 2.45) is 5.73 Å². The number of benzene rings is 1. The van der Waals surface area contributed by atoms with Crippen LogP contribution in [0.25, 0.3) is 0 Å². The summed E-state index contributed by atoms with van der Waals surface area (Å²) in [5, 5.41) is 4.98.